The molecule has 1 aliphatic rings. The summed E-state index contributed by atoms with van der Waals surface area (Å²) in [5.74, 6) is 1.93. The summed E-state index contributed by atoms with van der Waals surface area (Å²) in [5.41, 5.74) is 2.22. The predicted octanol–water partition coefficient (Wildman–Crippen LogP) is 2.70. The number of fused-ring (bicyclic) bond motifs is 1. The molecule has 0 radical (unpaired) electrons. The fourth-order valence-corrected chi connectivity index (χ4v) is 3.56. The Labute approximate surface area is 189 Å². The van der Waals surface area contributed by atoms with Crippen molar-refractivity contribution in [2.24, 2.45) is 4.99 Å². The topological polar surface area (TPSA) is 75.0 Å². The van der Waals surface area contributed by atoms with Crippen LogP contribution in [0.3, 0.4) is 0 Å². The van der Waals surface area contributed by atoms with Crippen LogP contribution in [-0.4, -0.2) is 77.8 Å². The number of amides is 1. The molecular formula is C20H31IN6O2. The minimum absolute atomic E-state index is 0. The number of nitrogens with zero attached hydrogens (tertiary/aromatic N) is 5. The summed E-state index contributed by atoms with van der Waals surface area (Å²) in [4.78, 5) is 24.8. The minimum Gasteiger partial charge on any atom is -0.450 e. The van der Waals surface area contributed by atoms with Gasteiger partial charge in [0.15, 0.2) is 5.96 Å². The van der Waals surface area contributed by atoms with E-state index < -0.39 is 0 Å². The zero-order valence-electron chi connectivity index (χ0n) is 17.4. The van der Waals surface area contributed by atoms with Gasteiger partial charge in [-0.15, -0.1) is 24.0 Å². The number of halogens is 1. The Morgan fingerprint density at radius 1 is 1.21 bits per heavy atom. The number of ether oxygens (including phenoxy) is 1. The van der Waals surface area contributed by atoms with Crippen molar-refractivity contribution in [2.75, 3.05) is 46.4 Å². The second-order valence-electron chi connectivity index (χ2n) is 6.80. The van der Waals surface area contributed by atoms with Crippen molar-refractivity contribution in [2.45, 2.75) is 26.8 Å². The van der Waals surface area contributed by atoms with E-state index in [9.17, 15) is 4.79 Å². The average Bonchev–Trinajstić information content (AvgIpc) is 3.03. The molecule has 1 N–H and O–H groups in total. The summed E-state index contributed by atoms with van der Waals surface area (Å²) in [6.07, 6.45) is 0.747. The molecule has 3 rings (SSSR count). The zero-order chi connectivity index (χ0) is 19.9. The van der Waals surface area contributed by atoms with Gasteiger partial charge in [-0.05, 0) is 32.4 Å². The second-order valence-corrected chi connectivity index (χ2v) is 6.80. The van der Waals surface area contributed by atoms with Gasteiger partial charge in [0, 0.05) is 46.3 Å². The predicted molar refractivity (Wildman–Crippen MR) is 126 cm³/mol. The molecule has 1 aromatic carbocycles. The normalized spacial score (nSPS) is 14.7. The van der Waals surface area contributed by atoms with E-state index in [0.717, 1.165) is 49.9 Å². The molecule has 0 aliphatic carbocycles. The fraction of sp³-hybridized carbons (Fsp3) is 0.550. The molecule has 1 amide bonds. The lowest BCUT2D eigenvalue weighted by molar-refractivity contribution is 0.0914. The molecule has 0 bridgehead atoms. The van der Waals surface area contributed by atoms with Crippen molar-refractivity contribution in [3.8, 4) is 0 Å². The van der Waals surface area contributed by atoms with Crippen LogP contribution in [0.15, 0.2) is 29.3 Å². The van der Waals surface area contributed by atoms with Crippen LogP contribution in [-0.2, 0) is 11.3 Å². The van der Waals surface area contributed by atoms with E-state index in [4.69, 9.17) is 4.74 Å². The molecule has 0 spiro atoms. The van der Waals surface area contributed by atoms with Gasteiger partial charge in [-0.2, -0.15) is 0 Å². The SMILES string of the molecule is CCOC(=O)N1CCN(C(=NC)NCCCn2c(C)nc3ccccc32)CC1.I. The molecule has 9 heteroatoms. The van der Waals surface area contributed by atoms with Gasteiger partial charge in [-0.1, -0.05) is 12.1 Å². The molecule has 1 fully saturated rings. The van der Waals surface area contributed by atoms with Crippen molar-refractivity contribution >= 4 is 47.1 Å². The summed E-state index contributed by atoms with van der Waals surface area (Å²) in [7, 11) is 1.80. The molecule has 0 unspecified atom stereocenters. The van der Waals surface area contributed by atoms with Crippen molar-refractivity contribution in [1.29, 1.82) is 0 Å². The van der Waals surface area contributed by atoms with E-state index in [-0.39, 0.29) is 30.1 Å². The maximum Gasteiger partial charge on any atom is 0.409 e. The van der Waals surface area contributed by atoms with Gasteiger partial charge < -0.3 is 24.4 Å². The van der Waals surface area contributed by atoms with E-state index in [1.54, 1.807) is 11.9 Å². The number of aryl methyl sites for hydroxylation is 2. The molecule has 0 saturated carbocycles. The van der Waals surface area contributed by atoms with Crippen LogP contribution in [0.2, 0.25) is 0 Å². The van der Waals surface area contributed by atoms with E-state index in [1.165, 1.54) is 5.52 Å². The number of hydrogen-bond donors (Lipinski definition) is 1. The van der Waals surface area contributed by atoms with Gasteiger partial charge in [0.1, 0.15) is 5.82 Å². The van der Waals surface area contributed by atoms with Crippen molar-refractivity contribution in [3.05, 3.63) is 30.1 Å². The lowest BCUT2D eigenvalue weighted by atomic mass is 10.3. The summed E-state index contributed by atoms with van der Waals surface area (Å²) >= 11 is 0. The molecule has 1 aromatic heterocycles. The number of rotatable bonds is 5. The number of carbonyl (C=O) groups is 1. The van der Waals surface area contributed by atoms with E-state index >= 15 is 0 Å². The van der Waals surface area contributed by atoms with Gasteiger partial charge >= 0.3 is 6.09 Å². The fourth-order valence-electron chi connectivity index (χ4n) is 3.56. The van der Waals surface area contributed by atoms with Crippen LogP contribution in [0.25, 0.3) is 11.0 Å². The smallest absolute Gasteiger partial charge is 0.409 e. The number of para-hydroxylation sites is 2. The van der Waals surface area contributed by atoms with Crippen molar-refractivity contribution in [3.63, 3.8) is 0 Å². The number of carbonyl (C=O) groups excluding carboxylic acids is 1. The van der Waals surface area contributed by atoms with Crippen molar-refractivity contribution in [1.82, 2.24) is 24.7 Å². The highest BCUT2D eigenvalue weighted by Gasteiger charge is 2.23. The number of imidazole rings is 1. The maximum absolute atomic E-state index is 11.8. The lowest BCUT2D eigenvalue weighted by Crippen LogP contribution is -2.54. The largest absolute Gasteiger partial charge is 0.450 e. The molecule has 1 aliphatic heterocycles. The quantitative estimate of drug-likeness (QED) is 0.288. The van der Waals surface area contributed by atoms with Gasteiger partial charge in [0.2, 0.25) is 0 Å². The molecule has 1 saturated heterocycles. The van der Waals surface area contributed by atoms with E-state index in [2.05, 4.69) is 49.9 Å². The van der Waals surface area contributed by atoms with Crippen LogP contribution in [0, 0.1) is 6.92 Å². The van der Waals surface area contributed by atoms with Gasteiger partial charge in [0.05, 0.1) is 17.6 Å². The van der Waals surface area contributed by atoms with Crippen LogP contribution in [0.4, 0.5) is 4.79 Å². The van der Waals surface area contributed by atoms with Crippen LogP contribution in [0.5, 0.6) is 0 Å². The number of aromatic nitrogens is 2. The Balaban J connectivity index is 0.00000300. The summed E-state index contributed by atoms with van der Waals surface area (Å²) in [6, 6.07) is 8.24. The first-order valence-corrected chi connectivity index (χ1v) is 9.93. The standard InChI is InChI=1S/C20H30N6O2.HI/c1-4-28-20(27)25-14-12-24(13-15-25)19(21-3)22-10-7-11-26-16(2)23-17-8-5-6-9-18(17)26;/h5-6,8-9H,4,7,10-15H2,1-3H3,(H,21,22);1H. The molecule has 0 atom stereocenters. The Morgan fingerprint density at radius 3 is 2.59 bits per heavy atom. The van der Waals surface area contributed by atoms with Gasteiger partial charge in [-0.3, -0.25) is 4.99 Å². The Hall–Kier alpha value is -2.04. The van der Waals surface area contributed by atoms with Gasteiger partial charge in [0.25, 0.3) is 0 Å². The summed E-state index contributed by atoms with van der Waals surface area (Å²) in [5, 5.41) is 3.45. The second kappa shape index (κ2) is 11.2. The van der Waals surface area contributed by atoms with E-state index in [0.29, 0.717) is 19.7 Å². The first-order valence-electron chi connectivity index (χ1n) is 9.93. The molecule has 8 nitrogen and oxygen atoms in total. The van der Waals surface area contributed by atoms with Crippen LogP contribution >= 0.6 is 24.0 Å². The van der Waals surface area contributed by atoms with Gasteiger partial charge in [-0.25, -0.2) is 9.78 Å². The summed E-state index contributed by atoms with van der Waals surface area (Å²) < 4.78 is 7.34. The minimum atomic E-state index is -0.229. The molecular weight excluding hydrogens is 483 g/mol. The molecule has 29 heavy (non-hydrogen) atoms. The maximum atomic E-state index is 11.8. The van der Waals surface area contributed by atoms with Crippen LogP contribution < -0.4 is 5.32 Å². The molecule has 2 aromatic rings. The molecule has 2 heterocycles. The Morgan fingerprint density at radius 2 is 1.90 bits per heavy atom. The number of nitrogens with one attached hydrogen (secondary N) is 1. The number of aliphatic imine (C=N–C) groups is 1. The number of piperazine rings is 1. The monoisotopic (exact) mass is 514 g/mol. The number of benzene rings is 1. The third-order valence-electron chi connectivity index (χ3n) is 5.00. The lowest BCUT2D eigenvalue weighted by Gasteiger charge is -2.35. The number of hydrogen-bond acceptors (Lipinski definition) is 4. The third-order valence-corrected chi connectivity index (χ3v) is 5.00. The van der Waals surface area contributed by atoms with E-state index in [1.807, 2.05) is 13.0 Å². The molecule has 160 valence electrons. The highest BCUT2D eigenvalue weighted by molar-refractivity contribution is 14.0. The Bertz CT molecular complexity index is 829. The zero-order valence-corrected chi connectivity index (χ0v) is 19.8. The highest BCUT2D eigenvalue weighted by atomic mass is 127. The van der Waals surface area contributed by atoms with Crippen molar-refractivity contribution < 1.29 is 9.53 Å². The first-order chi connectivity index (χ1) is 13.6. The number of guanidine groups is 1. The summed E-state index contributed by atoms with van der Waals surface area (Å²) in [6.45, 7) is 8.84. The van der Waals surface area contributed by atoms with Crippen LogP contribution in [0.1, 0.15) is 19.2 Å². The average molecular weight is 514 g/mol. The third kappa shape index (κ3) is 5.74. The highest BCUT2D eigenvalue weighted by Crippen LogP contribution is 2.15. The first kappa shape index (κ1) is 23.2. The Kier molecular flexibility index (Phi) is 8.99.